The molecule has 0 bridgehead atoms. The number of nitrogens with zero attached hydrogens (tertiary/aromatic N) is 4. The molecule has 1 aromatic carbocycles. The van der Waals surface area contributed by atoms with Crippen LogP contribution >= 0.6 is 0 Å². The molecule has 124 valence electrons. The highest BCUT2D eigenvalue weighted by Crippen LogP contribution is 2.19. The number of hydrogen-bond donors (Lipinski definition) is 0. The molecular formula is C18H20N4O2. The molecule has 0 fully saturated rings. The summed E-state index contributed by atoms with van der Waals surface area (Å²) in [6.07, 6.45) is 4.88. The van der Waals surface area contributed by atoms with Crippen LogP contribution in [0, 0.1) is 0 Å². The molecule has 0 aliphatic carbocycles. The largest absolute Gasteiger partial charge is 0.359 e. The first-order valence-electron chi connectivity index (χ1n) is 7.95. The monoisotopic (exact) mass is 324 g/mol. The van der Waals surface area contributed by atoms with Crippen LogP contribution in [0.3, 0.4) is 0 Å². The molecular weight excluding hydrogens is 304 g/mol. The van der Waals surface area contributed by atoms with Gasteiger partial charge in [0.1, 0.15) is 5.69 Å². The topological polar surface area (TPSA) is 64.2 Å². The van der Waals surface area contributed by atoms with Crippen LogP contribution in [0.25, 0.3) is 11.3 Å². The number of hydrogen-bond acceptors (Lipinski definition) is 4. The predicted octanol–water partition coefficient (Wildman–Crippen LogP) is 2.98. The highest BCUT2D eigenvalue weighted by molar-refractivity contribution is 5.75. The Morgan fingerprint density at radius 3 is 2.83 bits per heavy atom. The van der Waals surface area contributed by atoms with Crippen molar-refractivity contribution in [2.75, 3.05) is 7.05 Å². The standard InChI is InChI=1S/C18H20N4O2/c1-21(18(23)9-5-11-22-12-6-10-19-22)14-16-13-17(20-24-16)15-7-3-2-4-8-15/h2-4,6-8,10,12-13H,5,9,11,14H2,1H3. The minimum Gasteiger partial charge on any atom is -0.359 e. The second-order valence-corrected chi connectivity index (χ2v) is 5.67. The Labute approximate surface area is 140 Å². The molecule has 6 heteroatoms. The lowest BCUT2D eigenvalue weighted by atomic mass is 10.1. The Bertz CT molecular complexity index is 765. The number of aryl methyl sites for hydroxylation is 1. The van der Waals surface area contributed by atoms with Crippen LogP contribution in [-0.4, -0.2) is 32.8 Å². The number of benzene rings is 1. The highest BCUT2D eigenvalue weighted by atomic mass is 16.5. The van der Waals surface area contributed by atoms with Gasteiger partial charge in [-0.3, -0.25) is 9.48 Å². The minimum absolute atomic E-state index is 0.0832. The molecule has 0 aliphatic heterocycles. The lowest BCUT2D eigenvalue weighted by Gasteiger charge is -2.15. The van der Waals surface area contributed by atoms with E-state index in [4.69, 9.17) is 4.52 Å². The Balaban J connectivity index is 1.50. The molecule has 0 spiro atoms. The smallest absolute Gasteiger partial charge is 0.222 e. The third kappa shape index (κ3) is 4.10. The first kappa shape index (κ1) is 16.0. The Hall–Kier alpha value is -2.89. The summed E-state index contributed by atoms with van der Waals surface area (Å²) in [6, 6.07) is 13.6. The first-order valence-corrected chi connectivity index (χ1v) is 7.95. The Kier molecular flexibility index (Phi) is 5.05. The zero-order chi connectivity index (χ0) is 16.8. The summed E-state index contributed by atoms with van der Waals surface area (Å²) >= 11 is 0. The quantitative estimate of drug-likeness (QED) is 0.670. The maximum absolute atomic E-state index is 12.2. The third-order valence-electron chi connectivity index (χ3n) is 3.78. The van der Waals surface area contributed by atoms with E-state index < -0.39 is 0 Å². The summed E-state index contributed by atoms with van der Waals surface area (Å²) in [7, 11) is 1.78. The number of carbonyl (C=O) groups excluding carboxylic acids is 1. The fourth-order valence-corrected chi connectivity index (χ4v) is 2.47. The molecule has 0 aliphatic rings. The van der Waals surface area contributed by atoms with E-state index in [0.717, 1.165) is 24.2 Å². The lowest BCUT2D eigenvalue weighted by molar-refractivity contribution is -0.130. The average Bonchev–Trinajstić information content (AvgIpc) is 3.27. The molecule has 2 heterocycles. The second-order valence-electron chi connectivity index (χ2n) is 5.67. The van der Waals surface area contributed by atoms with Gasteiger partial charge in [-0.2, -0.15) is 5.10 Å². The zero-order valence-corrected chi connectivity index (χ0v) is 13.6. The zero-order valence-electron chi connectivity index (χ0n) is 13.6. The molecule has 0 N–H and O–H groups in total. The lowest BCUT2D eigenvalue weighted by Crippen LogP contribution is -2.26. The molecule has 0 radical (unpaired) electrons. The molecule has 0 saturated carbocycles. The summed E-state index contributed by atoms with van der Waals surface area (Å²) < 4.78 is 7.17. The van der Waals surface area contributed by atoms with Crippen molar-refractivity contribution in [2.45, 2.75) is 25.9 Å². The SMILES string of the molecule is CN(Cc1cc(-c2ccccc2)no1)C(=O)CCCn1cccn1. The van der Waals surface area contributed by atoms with E-state index >= 15 is 0 Å². The Morgan fingerprint density at radius 2 is 2.08 bits per heavy atom. The van der Waals surface area contributed by atoms with Crippen LogP contribution in [0.4, 0.5) is 0 Å². The predicted molar refractivity (Wildman–Crippen MR) is 89.9 cm³/mol. The van der Waals surface area contributed by atoms with Crippen LogP contribution in [0.2, 0.25) is 0 Å². The molecule has 3 rings (SSSR count). The van der Waals surface area contributed by atoms with E-state index in [-0.39, 0.29) is 5.91 Å². The summed E-state index contributed by atoms with van der Waals surface area (Å²) in [5, 5.41) is 8.20. The van der Waals surface area contributed by atoms with Gasteiger partial charge in [0.2, 0.25) is 5.91 Å². The van der Waals surface area contributed by atoms with Crippen LogP contribution in [0.1, 0.15) is 18.6 Å². The number of carbonyl (C=O) groups is 1. The van der Waals surface area contributed by atoms with Crippen LogP contribution in [0.5, 0.6) is 0 Å². The van der Waals surface area contributed by atoms with Gasteiger partial charge in [0.05, 0.1) is 6.54 Å². The average molecular weight is 324 g/mol. The van der Waals surface area contributed by atoms with E-state index in [1.807, 2.05) is 53.3 Å². The summed E-state index contributed by atoms with van der Waals surface area (Å²) in [6.45, 7) is 1.16. The fourth-order valence-electron chi connectivity index (χ4n) is 2.47. The molecule has 24 heavy (non-hydrogen) atoms. The van der Waals surface area contributed by atoms with Crippen molar-refractivity contribution in [1.29, 1.82) is 0 Å². The van der Waals surface area contributed by atoms with Crippen molar-refractivity contribution in [3.63, 3.8) is 0 Å². The van der Waals surface area contributed by atoms with Gasteiger partial charge in [-0.25, -0.2) is 0 Å². The van der Waals surface area contributed by atoms with E-state index in [1.165, 1.54) is 0 Å². The molecule has 0 atom stereocenters. The van der Waals surface area contributed by atoms with E-state index in [9.17, 15) is 4.79 Å². The van der Waals surface area contributed by atoms with Crippen molar-refractivity contribution in [1.82, 2.24) is 19.8 Å². The van der Waals surface area contributed by atoms with E-state index in [0.29, 0.717) is 18.7 Å². The highest BCUT2D eigenvalue weighted by Gasteiger charge is 2.13. The number of aromatic nitrogens is 3. The second kappa shape index (κ2) is 7.59. The fraction of sp³-hybridized carbons (Fsp3) is 0.278. The molecule has 0 saturated heterocycles. The van der Waals surface area contributed by atoms with Crippen molar-refractivity contribution in [3.05, 3.63) is 60.6 Å². The van der Waals surface area contributed by atoms with E-state index in [2.05, 4.69) is 10.3 Å². The van der Waals surface area contributed by atoms with Crippen molar-refractivity contribution < 1.29 is 9.32 Å². The number of amides is 1. The molecule has 1 amide bonds. The van der Waals surface area contributed by atoms with Crippen molar-refractivity contribution >= 4 is 5.91 Å². The molecule has 6 nitrogen and oxygen atoms in total. The normalized spacial score (nSPS) is 10.7. The molecule has 0 unspecified atom stereocenters. The summed E-state index contributed by atoms with van der Waals surface area (Å²) in [5.41, 5.74) is 1.78. The van der Waals surface area contributed by atoms with Gasteiger partial charge in [-0.05, 0) is 12.5 Å². The summed E-state index contributed by atoms with van der Waals surface area (Å²) in [4.78, 5) is 13.9. The van der Waals surface area contributed by atoms with Crippen LogP contribution in [-0.2, 0) is 17.9 Å². The van der Waals surface area contributed by atoms with Gasteiger partial charge in [-0.1, -0.05) is 35.5 Å². The Morgan fingerprint density at radius 1 is 1.25 bits per heavy atom. The van der Waals surface area contributed by atoms with Crippen molar-refractivity contribution in [3.8, 4) is 11.3 Å². The van der Waals surface area contributed by atoms with Gasteiger partial charge >= 0.3 is 0 Å². The van der Waals surface area contributed by atoms with Crippen LogP contribution < -0.4 is 0 Å². The minimum atomic E-state index is 0.0832. The van der Waals surface area contributed by atoms with Gasteiger partial charge < -0.3 is 9.42 Å². The van der Waals surface area contributed by atoms with Gasteiger partial charge in [0, 0.05) is 44.0 Å². The van der Waals surface area contributed by atoms with Gasteiger partial charge in [0.25, 0.3) is 0 Å². The molecule has 3 aromatic rings. The van der Waals surface area contributed by atoms with E-state index in [1.54, 1.807) is 18.1 Å². The van der Waals surface area contributed by atoms with Crippen LogP contribution in [0.15, 0.2) is 59.4 Å². The molecule has 2 aromatic heterocycles. The van der Waals surface area contributed by atoms with Gasteiger partial charge in [-0.15, -0.1) is 0 Å². The van der Waals surface area contributed by atoms with Crippen molar-refractivity contribution in [2.24, 2.45) is 0 Å². The van der Waals surface area contributed by atoms with Gasteiger partial charge in [0.15, 0.2) is 5.76 Å². The number of rotatable bonds is 7. The maximum Gasteiger partial charge on any atom is 0.222 e. The maximum atomic E-state index is 12.2. The third-order valence-corrected chi connectivity index (χ3v) is 3.78. The first-order chi connectivity index (χ1) is 11.7. The summed E-state index contributed by atoms with van der Waals surface area (Å²) in [5.74, 6) is 0.761.